The van der Waals surface area contributed by atoms with Crippen molar-refractivity contribution in [3.05, 3.63) is 32.7 Å². The van der Waals surface area contributed by atoms with Crippen LogP contribution in [0.2, 0.25) is 0 Å². The summed E-state index contributed by atoms with van der Waals surface area (Å²) in [7, 11) is 0. The highest BCUT2D eigenvalue weighted by Crippen LogP contribution is 2.20. The Kier molecular flexibility index (Phi) is 4.42. The molecule has 0 saturated carbocycles. The number of carbonyl (C=O) groups is 1. The van der Waals surface area contributed by atoms with Crippen molar-refractivity contribution in [2.45, 2.75) is 6.42 Å². The molecule has 0 spiro atoms. The summed E-state index contributed by atoms with van der Waals surface area (Å²) in [6.07, 6.45) is 0.379. The lowest BCUT2D eigenvalue weighted by Gasteiger charge is -2.00. The summed E-state index contributed by atoms with van der Waals surface area (Å²) in [6, 6.07) is 5.47. The summed E-state index contributed by atoms with van der Waals surface area (Å²) < 4.78 is 1.78. The van der Waals surface area contributed by atoms with Gasteiger partial charge in [0, 0.05) is 26.8 Å². The third kappa shape index (κ3) is 3.41. The molecule has 13 heavy (non-hydrogen) atoms. The van der Waals surface area contributed by atoms with Gasteiger partial charge in [-0.3, -0.25) is 4.79 Å². The highest BCUT2D eigenvalue weighted by molar-refractivity contribution is 9.11. The summed E-state index contributed by atoms with van der Waals surface area (Å²) in [5.74, 6) is 0.431. The van der Waals surface area contributed by atoms with Gasteiger partial charge in [-0.25, -0.2) is 0 Å². The van der Waals surface area contributed by atoms with Gasteiger partial charge in [0.05, 0.1) is 0 Å². The van der Waals surface area contributed by atoms with E-state index in [-0.39, 0.29) is 5.78 Å². The highest BCUT2D eigenvalue weighted by Gasteiger charge is 2.06. The van der Waals surface area contributed by atoms with Crippen molar-refractivity contribution in [2.75, 3.05) is 5.88 Å². The van der Waals surface area contributed by atoms with E-state index in [0.29, 0.717) is 17.9 Å². The van der Waals surface area contributed by atoms with Gasteiger partial charge in [-0.1, -0.05) is 31.9 Å². The van der Waals surface area contributed by atoms with Crippen LogP contribution in [0, 0.1) is 0 Å². The van der Waals surface area contributed by atoms with Crippen LogP contribution < -0.4 is 0 Å². The van der Waals surface area contributed by atoms with Gasteiger partial charge < -0.3 is 0 Å². The maximum Gasteiger partial charge on any atom is 0.164 e. The van der Waals surface area contributed by atoms with E-state index in [0.717, 1.165) is 8.95 Å². The minimum absolute atomic E-state index is 0.0667. The minimum Gasteiger partial charge on any atom is -0.294 e. The molecule has 1 aromatic carbocycles. The maximum atomic E-state index is 11.4. The number of benzene rings is 1. The first-order valence-corrected chi connectivity index (χ1v) is 5.81. The summed E-state index contributed by atoms with van der Waals surface area (Å²) in [4.78, 5) is 11.4. The standard InChI is InChI=1S/C9H7Br2ClO/c10-7-3-6(4-8(11)5-7)9(13)1-2-12/h3-5H,1-2H2. The highest BCUT2D eigenvalue weighted by atomic mass is 79.9. The molecule has 0 heterocycles. The second-order valence-electron chi connectivity index (χ2n) is 2.52. The van der Waals surface area contributed by atoms with Gasteiger partial charge >= 0.3 is 0 Å². The van der Waals surface area contributed by atoms with Crippen molar-refractivity contribution >= 4 is 49.2 Å². The van der Waals surface area contributed by atoms with E-state index >= 15 is 0 Å². The predicted octanol–water partition coefficient (Wildman–Crippen LogP) is 4.02. The first-order valence-electron chi connectivity index (χ1n) is 3.68. The molecule has 4 heteroatoms. The Hall–Kier alpha value is 0.140. The molecule has 0 aliphatic heterocycles. The van der Waals surface area contributed by atoms with Crippen molar-refractivity contribution in [1.82, 2.24) is 0 Å². The molecule has 0 aliphatic carbocycles. The molecule has 70 valence electrons. The topological polar surface area (TPSA) is 17.1 Å². The summed E-state index contributed by atoms with van der Waals surface area (Å²) >= 11 is 12.1. The van der Waals surface area contributed by atoms with Crippen LogP contribution in [-0.2, 0) is 0 Å². The molecule has 1 aromatic rings. The Labute approximate surface area is 98.7 Å². The van der Waals surface area contributed by atoms with Crippen molar-refractivity contribution in [2.24, 2.45) is 0 Å². The maximum absolute atomic E-state index is 11.4. The number of ketones is 1. The van der Waals surface area contributed by atoms with Crippen molar-refractivity contribution < 1.29 is 4.79 Å². The summed E-state index contributed by atoms with van der Waals surface area (Å²) in [5, 5.41) is 0. The third-order valence-electron chi connectivity index (χ3n) is 1.51. The number of carbonyl (C=O) groups excluding carboxylic acids is 1. The molecule has 0 radical (unpaired) electrons. The second kappa shape index (κ2) is 5.13. The lowest BCUT2D eigenvalue weighted by molar-refractivity contribution is 0.0989. The van der Waals surface area contributed by atoms with Gasteiger partial charge in [0.15, 0.2) is 5.78 Å². The fourth-order valence-electron chi connectivity index (χ4n) is 0.945. The molecule has 0 fully saturated rings. The Bertz CT molecular complexity index is 305. The average Bonchev–Trinajstić information content (AvgIpc) is 2.03. The quantitative estimate of drug-likeness (QED) is 0.605. The minimum atomic E-state index is 0.0667. The smallest absolute Gasteiger partial charge is 0.164 e. The van der Waals surface area contributed by atoms with E-state index in [2.05, 4.69) is 31.9 Å². The van der Waals surface area contributed by atoms with E-state index in [1.807, 2.05) is 6.07 Å². The Morgan fingerprint density at radius 3 is 2.23 bits per heavy atom. The zero-order valence-corrected chi connectivity index (χ0v) is 10.6. The van der Waals surface area contributed by atoms with Gasteiger partial charge in [0.25, 0.3) is 0 Å². The molecule has 0 bridgehead atoms. The Balaban J connectivity index is 2.94. The number of hydrogen-bond acceptors (Lipinski definition) is 1. The zero-order chi connectivity index (χ0) is 9.84. The molecule has 0 saturated heterocycles. The zero-order valence-electron chi connectivity index (χ0n) is 6.69. The average molecular weight is 326 g/mol. The van der Waals surface area contributed by atoms with E-state index in [1.165, 1.54) is 0 Å². The van der Waals surface area contributed by atoms with E-state index in [4.69, 9.17) is 11.6 Å². The first-order chi connectivity index (χ1) is 6.13. The van der Waals surface area contributed by atoms with Gasteiger partial charge in [-0.2, -0.15) is 0 Å². The number of hydrogen-bond donors (Lipinski definition) is 0. The molecule has 1 rings (SSSR count). The van der Waals surface area contributed by atoms with Crippen LogP contribution in [0.5, 0.6) is 0 Å². The van der Waals surface area contributed by atoms with E-state index in [1.54, 1.807) is 12.1 Å². The lowest BCUT2D eigenvalue weighted by atomic mass is 10.1. The lowest BCUT2D eigenvalue weighted by Crippen LogP contribution is -1.99. The first kappa shape index (κ1) is 11.2. The third-order valence-corrected chi connectivity index (χ3v) is 2.61. The fourth-order valence-corrected chi connectivity index (χ4v) is 2.41. The molecule has 0 amide bonds. The molecule has 0 aliphatic rings. The van der Waals surface area contributed by atoms with Gasteiger partial charge in [0.1, 0.15) is 0 Å². The summed E-state index contributed by atoms with van der Waals surface area (Å²) in [6.45, 7) is 0. The largest absolute Gasteiger partial charge is 0.294 e. The van der Waals surface area contributed by atoms with Crippen molar-refractivity contribution in [1.29, 1.82) is 0 Å². The molecular formula is C9H7Br2ClO. The van der Waals surface area contributed by atoms with Crippen LogP contribution in [0.25, 0.3) is 0 Å². The Morgan fingerprint density at radius 1 is 1.23 bits per heavy atom. The van der Waals surface area contributed by atoms with Crippen LogP contribution in [0.3, 0.4) is 0 Å². The van der Waals surface area contributed by atoms with Crippen LogP contribution in [0.1, 0.15) is 16.8 Å². The van der Waals surface area contributed by atoms with Crippen molar-refractivity contribution in [3.63, 3.8) is 0 Å². The molecule has 0 N–H and O–H groups in total. The predicted molar refractivity (Wildman–Crippen MR) is 61.5 cm³/mol. The molecular weight excluding hydrogens is 319 g/mol. The number of Topliss-reactive ketones (excluding diaryl/α,β-unsaturated/α-hetero) is 1. The van der Waals surface area contributed by atoms with Crippen LogP contribution in [0.15, 0.2) is 27.1 Å². The van der Waals surface area contributed by atoms with Crippen LogP contribution >= 0.6 is 43.5 Å². The van der Waals surface area contributed by atoms with Crippen molar-refractivity contribution in [3.8, 4) is 0 Å². The molecule has 0 aromatic heterocycles. The number of rotatable bonds is 3. The number of halogens is 3. The van der Waals surface area contributed by atoms with Crippen LogP contribution in [-0.4, -0.2) is 11.7 Å². The van der Waals surface area contributed by atoms with Crippen LogP contribution in [0.4, 0.5) is 0 Å². The number of alkyl halides is 1. The molecule has 1 nitrogen and oxygen atoms in total. The normalized spacial score (nSPS) is 10.1. The van der Waals surface area contributed by atoms with E-state index in [9.17, 15) is 4.79 Å². The van der Waals surface area contributed by atoms with E-state index < -0.39 is 0 Å². The molecule has 0 unspecified atom stereocenters. The fraction of sp³-hybridized carbons (Fsp3) is 0.222. The Morgan fingerprint density at radius 2 is 1.77 bits per heavy atom. The monoisotopic (exact) mass is 324 g/mol. The van der Waals surface area contributed by atoms with Gasteiger partial charge in [-0.15, -0.1) is 11.6 Å². The second-order valence-corrected chi connectivity index (χ2v) is 4.73. The van der Waals surface area contributed by atoms with Gasteiger partial charge in [-0.05, 0) is 18.2 Å². The summed E-state index contributed by atoms with van der Waals surface area (Å²) in [5.41, 5.74) is 0.682. The van der Waals surface area contributed by atoms with Gasteiger partial charge in [0.2, 0.25) is 0 Å². The SMILES string of the molecule is O=C(CCCl)c1cc(Br)cc(Br)c1. The molecule has 0 atom stereocenters.